The van der Waals surface area contributed by atoms with Crippen molar-refractivity contribution in [1.82, 2.24) is 9.97 Å². The summed E-state index contributed by atoms with van der Waals surface area (Å²) < 4.78 is 16.1. The average Bonchev–Trinajstić information content (AvgIpc) is 2.90. The lowest BCUT2D eigenvalue weighted by Gasteiger charge is -2.16. The lowest BCUT2D eigenvalue weighted by atomic mass is 9.97. The molecule has 0 fully saturated rings. The number of amidine groups is 1. The number of benzene rings is 2. The number of hydrogen-bond donors (Lipinski definition) is 3. The number of anilines is 1. The minimum absolute atomic E-state index is 0.156. The zero-order valence-electron chi connectivity index (χ0n) is 23.0. The smallest absolute Gasteiger partial charge is 0.182 e. The van der Waals surface area contributed by atoms with Crippen LogP contribution in [0.3, 0.4) is 0 Å². The van der Waals surface area contributed by atoms with Crippen LogP contribution in [-0.2, 0) is 17.9 Å². The number of rotatable bonds is 12. The number of hydrogen-bond acceptors (Lipinski definition) is 8. The first-order chi connectivity index (χ1) is 18.2. The Kier molecular flexibility index (Phi) is 10.6. The first-order valence-electron chi connectivity index (χ1n) is 12.6. The largest absolute Gasteiger partial charge is 0.512 e. The molecular formula is C29H37N5O3S. The first kappa shape index (κ1) is 29.0. The second-order valence-corrected chi connectivity index (χ2v) is 9.53. The molecule has 0 bridgehead atoms. The lowest BCUT2D eigenvalue weighted by Crippen LogP contribution is -2.13. The van der Waals surface area contributed by atoms with Crippen LogP contribution in [0.1, 0.15) is 50.3 Å². The van der Waals surface area contributed by atoms with Crippen LogP contribution in [0.2, 0.25) is 0 Å². The third-order valence-corrected chi connectivity index (χ3v) is 6.71. The summed E-state index contributed by atoms with van der Waals surface area (Å²) >= 11 is 1.29. The van der Waals surface area contributed by atoms with E-state index in [0.29, 0.717) is 55.2 Å². The molecule has 1 heterocycles. The van der Waals surface area contributed by atoms with E-state index in [9.17, 15) is 5.11 Å². The van der Waals surface area contributed by atoms with Crippen LogP contribution in [0, 0.1) is 13.8 Å². The molecule has 0 unspecified atom stereocenters. The summed E-state index contributed by atoms with van der Waals surface area (Å²) in [5.74, 6) is 2.51. The van der Waals surface area contributed by atoms with Gasteiger partial charge in [0.2, 0.25) is 0 Å². The van der Waals surface area contributed by atoms with Crippen LogP contribution in [0.15, 0.2) is 63.1 Å². The van der Waals surface area contributed by atoms with Gasteiger partial charge in [0.1, 0.15) is 11.7 Å². The zero-order valence-corrected chi connectivity index (χ0v) is 23.8. The minimum atomic E-state index is 0.156. The van der Waals surface area contributed by atoms with E-state index in [4.69, 9.17) is 15.2 Å². The van der Waals surface area contributed by atoms with Crippen molar-refractivity contribution in [2.45, 2.75) is 59.6 Å². The molecular weight excluding hydrogens is 498 g/mol. The van der Waals surface area contributed by atoms with Gasteiger partial charge in [0.05, 0.1) is 24.7 Å². The minimum Gasteiger partial charge on any atom is -0.512 e. The van der Waals surface area contributed by atoms with Gasteiger partial charge in [0.25, 0.3) is 0 Å². The molecule has 38 heavy (non-hydrogen) atoms. The number of aliphatic hydroxyl groups excluding tert-OH is 1. The summed E-state index contributed by atoms with van der Waals surface area (Å²) in [6.07, 6.45) is 0. The second-order valence-electron chi connectivity index (χ2n) is 8.72. The summed E-state index contributed by atoms with van der Waals surface area (Å²) in [5.41, 5.74) is 11.7. The van der Waals surface area contributed by atoms with Crippen molar-refractivity contribution < 1.29 is 14.6 Å². The highest BCUT2D eigenvalue weighted by molar-refractivity contribution is 7.98. The van der Waals surface area contributed by atoms with Crippen LogP contribution < -0.4 is 15.8 Å². The number of ether oxygens (including phenoxy) is 2. The average molecular weight is 536 g/mol. The Morgan fingerprint density at radius 3 is 2.53 bits per heavy atom. The molecule has 0 aliphatic carbocycles. The second kappa shape index (κ2) is 13.8. The van der Waals surface area contributed by atoms with Crippen molar-refractivity contribution in [1.29, 1.82) is 0 Å². The van der Waals surface area contributed by atoms with Gasteiger partial charge in [-0.1, -0.05) is 36.4 Å². The highest BCUT2D eigenvalue weighted by atomic mass is 32.2. The molecule has 0 aliphatic heterocycles. The van der Waals surface area contributed by atoms with E-state index in [1.807, 2.05) is 45.9 Å². The Balaban J connectivity index is 1.92. The number of aromatic nitrogens is 2. The van der Waals surface area contributed by atoms with Crippen molar-refractivity contribution in [2.24, 2.45) is 10.1 Å². The number of nitrogens with two attached hydrogens (primary N) is 1. The van der Waals surface area contributed by atoms with Gasteiger partial charge < -0.3 is 25.6 Å². The highest BCUT2D eigenvalue weighted by Crippen LogP contribution is 2.35. The molecule has 0 atom stereocenters. The van der Waals surface area contributed by atoms with E-state index in [2.05, 4.69) is 43.9 Å². The van der Waals surface area contributed by atoms with E-state index in [1.54, 1.807) is 13.8 Å². The Hall–Kier alpha value is -3.56. The standard InChI is InChI=1S/C29H37N5O3S/c1-7-36-17-23-15-22(16-31-29-27(37-8-2)19(4)32-21(6)33-29)13-14-24(23)25-11-9-10-12-26(25)38-34-28(30)18(3)20(5)35/h9-15,35H,7-8,16-17H2,1-6H3,(H2,30,34)(H,31,32,33)/b20-18-. The Bertz CT molecular complexity index is 1320. The number of allylic oxidation sites excluding steroid dienone is 1. The molecule has 3 rings (SSSR count). The first-order valence-corrected chi connectivity index (χ1v) is 13.4. The van der Waals surface area contributed by atoms with Gasteiger partial charge >= 0.3 is 0 Å². The maximum Gasteiger partial charge on any atom is 0.182 e. The fraction of sp³-hybridized carbons (Fsp3) is 0.345. The molecule has 0 aliphatic rings. The lowest BCUT2D eigenvalue weighted by molar-refractivity contribution is 0.134. The SMILES string of the molecule is CCOCc1cc(CNc2nc(C)nc(C)c2OCC)ccc1-c1ccccc1S/N=C(N)\C(C)=C(\C)O. The molecule has 8 nitrogen and oxygen atoms in total. The predicted molar refractivity (Wildman–Crippen MR) is 156 cm³/mol. The van der Waals surface area contributed by atoms with Crippen LogP contribution in [0.4, 0.5) is 5.82 Å². The molecule has 202 valence electrons. The van der Waals surface area contributed by atoms with Crippen LogP contribution >= 0.6 is 11.9 Å². The molecule has 0 saturated heterocycles. The fourth-order valence-corrected chi connectivity index (χ4v) is 4.55. The van der Waals surface area contributed by atoms with Gasteiger partial charge in [-0.15, -0.1) is 0 Å². The normalized spacial score (nSPS) is 12.3. The molecule has 1 aromatic heterocycles. The maximum absolute atomic E-state index is 9.73. The summed E-state index contributed by atoms with van der Waals surface area (Å²) in [4.78, 5) is 9.94. The van der Waals surface area contributed by atoms with E-state index in [1.165, 1.54) is 11.9 Å². The summed E-state index contributed by atoms with van der Waals surface area (Å²) in [7, 11) is 0. The molecule has 9 heteroatoms. The van der Waals surface area contributed by atoms with Crippen molar-refractivity contribution in [2.75, 3.05) is 18.5 Å². The molecule has 0 amide bonds. The Morgan fingerprint density at radius 1 is 1.05 bits per heavy atom. The van der Waals surface area contributed by atoms with E-state index in [-0.39, 0.29) is 5.76 Å². The third-order valence-electron chi connectivity index (χ3n) is 5.87. The van der Waals surface area contributed by atoms with Crippen LogP contribution in [0.5, 0.6) is 5.75 Å². The summed E-state index contributed by atoms with van der Waals surface area (Å²) in [6, 6.07) is 14.4. The van der Waals surface area contributed by atoms with Crippen molar-refractivity contribution >= 4 is 23.6 Å². The van der Waals surface area contributed by atoms with Gasteiger partial charge in [-0.25, -0.2) is 9.97 Å². The number of nitrogens with one attached hydrogen (secondary N) is 1. The zero-order chi connectivity index (χ0) is 27.7. The van der Waals surface area contributed by atoms with Gasteiger partial charge in [0, 0.05) is 35.6 Å². The van der Waals surface area contributed by atoms with Crippen LogP contribution in [0.25, 0.3) is 11.1 Å². The molecule has 4 N–H and O–H groups in total. The Labute approximate surface area is 229 Å². The topological polar surface area (TPSA) is 115 Å². The van der Waals surface area contributed by atoms with E-state index >= 15 is 0 Å². The monoisotopic (exact) mass is 535 g/mol. The molecule has 3 aromatic rings. The van der Waals surface area contributed by atoms with Gasteiger partial charge in [-0.3, -0.25) is 0 Å². The van der Waals surface area contributed by atoms with Gasteiger partial charge in [0.15, 0.2) is 11.6 Å². The van der Waals surface area contributed by atoms with Crippen molar-refractivity contribution in [3.8, 4) is 16.9 Å². The molecule has 0 saturated carbocycles. The number of aliphatic hydroxyl groups is 1. The fourth-order valence-electron chi connectivity index (χ4n) is 3.80. The number of nitrogens with zero attached hydrogens (tertiary/aromatic N) is 3. The predicted octanol–water partition coefficient (Wildman–Crippen LogP) is 6.52. The highest BCUT2D eigenvalue weighted by Gasteiger charge is 2.14. The quantitative estimate of drug-likeness (QED) is 0.104. The maximum atomic E-state index is 9.73. The third kappa shape index (κ3) is 7.49. The van der Waals surface area contributed by atoms with E-state index < -0.39 is 0 Å². The Morgan fingerprint density at radius 2 is 1.82 bits per heavy atom. The summed E-state index contributed by atoms with van der Waals surface area (Å²) in [6.45, 7) is 13.3. The number of aryl methyl sites for hydroxylation is 2. The van der Waals surface area contributed by atoms with Crippen molar-refractivity contribution in [3.05, 3.63) is 76.4 Å². The molecule has 0 spiro atoms. The van der Waals surface area contributed by atoms with Crippen LogP contribution in [-0.4, -0.2) is 34.1 Å². The molecule has 0 radical (unpaired) electrons. The van der Waals surface area contributed by atoms with Gasteiger partial charge in [-0.05, 0) is 69.9 Å². The van der Waals surface area contributed by atoms with Gasteiger partial charge in [-0.2, -0.15) is 4.40 Å². The van der Waals surface area contributed by atoms with Crippen molar-refractivity contribution in [3.63, 3.8) is 0 Å². The summed E-state index contributed by atoms with van der Waals surface area (Å²) in [5, 5.41) is 13.2. The molecule has 2 aromatic carbocycles. The van der Waals surface area contributed by atoms with E-state index in [0.717, 1.165) is 32.8 Å².